The summed E-state index contributed by atoms with van der Waals surface area (Å²) in [6.07, 6.45) is 9.59. The van der Waals surface area contributed by atoms with E-state index in [2.05, 4.69) is 11.8 Å². The van der Waals surface area contributed by atoms with Crippen molar-refractivity contribution in [2.24, 2.45) is 0 Å². The first kappa shape index (κ1) is 24.7. The van der Waals surface area contributed by atoms with Crippen molar-refractivity contribution in [3.8, 4) is 0 Å². The van der Waals surface area contributed by atoms with Gasteiger partial charge >= 0.3 is 12.1 Å². The van der Waals surface area contributed by atoms with Gasteiger partial charge in [0.15, 0.2) is 0 Å². The maximum absolute atomic E-state index is 12.0. The molecule has 1 fully saturated rings. The highest BCUT2D eigenvalue weighted by molar-refractivity contribution is 5.69. The summed E-state index contributed by atoms with van der Waals surface area (Å²) in [4.78, 5) is 26.2. The monoisotopic (exact) mass is 399 g/mol. The molecule has 1 atom stereocenters. The lowest BCUT2D eigenvalue weighted by molar-refractivity contribution is -0.148. The van der Waals surface area contributed by atoms with E-state index in [1.165, 1.54) is 25.7 Å². The fraction of sp³-hybridized carbons (Fsp3) is 0.909. The van der Waals surface area contributed by atoms with E-state index in [4.69, 9.17) is 14.2 Å². The molecule has 0 aromatic rings. The van der Waals surface area contributed by atoms with Crippen molar-refractivity contribution >= 4 is 12.1 Å². The number of hydrogen-bond acceptors (Lipinski definition) is 6. The average Bonchev–Trinajstić information content (AvgIpc) is 2.67. The molecule has 0 N–H and O–H groups in total. The van der Waals surface area contributed by atoms with Crippen LogP contribution in [0.1, 0.15) is 91.4 Å². The van der Waals surface area contributed by atoms with Gasteiger partial charge in [0, 0.05) is 13.0 Å². The number of likely N-dealkylation sites (tertiary alicyclic amines) is 1. The molecule has 1 unspecified atom stereocenters. The first-order valence-corrected chi connectivity index (χ1v) is 11.3. The summed E-state index contributed by atoms with van der Waals surface area (Å²) in [5.41, 5.74) is 0. The van der Waals surface area contributed by atoms with Crippen molar-refractivity contribution in [2.45, 2.75) is 104 Å². The summed E-state index contributed by atoms with van der Waals surface area (Å²) in [6, 6.07) is 0. The van der Waals surface area contributed by atoms with Crippen LogP contribution in [0.15, 0.2) is 0 Å². The molecule has 0 spiro atoms. The largest absolute Gasteiger partial charge is 0.508 e. The third-order valence-corrected chi connectivity index (χ3v) is 4.97. The summed E-state index contributed by atoms with van der Waals surface area (Å²) in [7, 11) is 0. The van der Waals surface area contributed by atoms with Gasteiger partial charge in [0.05, 0.1) is 12.7 Å². The molecule has 164 valence electrons. The van der Waals surface area contributed by atoms with Crippen molar-refractivity contribution in [1.82, 2.24) is 4.90 Å². The maximum atomic E-state index is 12.0. The standard InChI is InChI=1S/C22H41NO5/c1-4-5-6-8-12-20(13-14-21(24)27-19(2)3)28-22(25)26-18-11-17-23-15-9-7-10-16-23/h19-20H,4-18H2,1-3H3. The van der Waals surface area contributed by atoms with Gasteiger partial charge in [-0.25, -0.2) is 4.79 Å². The van der Waals surface area contributed by atoms with E-state index in [0.29, 0.717) is 13.0 Å². The normalized spacial score (nSPS) is 16.0. The van der Waals surface area contributed by atoms with Gasteiger partial charge in [-0.1, -0.05) is 32.6 Å². The molecule has 1 aliphatic rings. The Morgan fingerprint density at radius 3 is 2.36 bits per heavy atom. The Morgan fingerprint density at radius 1 is 0.929 bits per heavy atom. The SMILES string of the molecule is CCCCCCC(CCC(=O)OC(C)C)OC(=O)OCCCN1CCCCC1. The summed E-state index contributed by atoms with van der Waals surface area (Å²) < 4.78 is 15.9. The van der Waals surface area contributed by atoms with E-state index in [9.17, 15) is 9.59 Å². The molecular formula is C22H41NO5. The van der Waals surface area contributed by atoms with E-state index >= 15 is 0 Å². The maximum Gasteiger partial charge on any atom is 0.508 e. The topological polar surface area (TPSA) is 65.1 Å². The fourth-order valence-electron chi connectivity index (χ4n) is 3.46. The van der Waals surface area contributed by atoms with Gasteiger partial charge < -0.3 is 19.1 Å². The molecule has 0 aromatic heterocycles. The smallest absolute Gasteiger partial charge is 0.463 e. The lowest BCUT2D eigenvalue weighted by Crippen LogP contribution is -2.31. The van der Waals surface area contributed by atoms with Crippen LogP contribution in [-0.2, 0) is 19.0 Å². The van der Waals surface area contributed by atoms with Crippen LogP contribution in [0.4, 0.5) is 4.79 Å². The Bertz CT molecular complexity index is 421. The Hall–Kier alpha value is -1.30. The zero-order valence-electron chi connectivity index (χ0n) is 18.2. The Kier molecular flexibility index (Phi) is 13.8. The van der Waals surface area contributed by atoms with Crippen molar-refractivity contribution in [2.75, 3.05) is 26.2 Å². The molecule has 0 radical (unpaired) electrons. The van der Waals surface area contributed by atoms with Crippen molar-refractivity contribution < 1.29 is 23.8 Å². The van der Waals surface area contributed by atoms with Gasteiger partial charge in [0.25, 0.3) is 0 Å². The second-order valence-corrected chi connectivity index (χ2v) is 8.02. The zero-order valence-corrected chi connectivity index (χ0v) is 18.2. The second-order valence-electron chi connectivity index (χ2n) is 8.02. The summed E-state index contributed by atoms with van der Waals surface area (Å²) in [5.74, 6) is -0.243. The highest BCUT2D eigenvalue weighted by Gasteiger charge is 2.18. The van der Waals surface area contributed by atoms with Gasteiger partial charge in [-0.3, -0.25) is 4.79 Å². The van der Waals surface area contributed by atoms with Crippen molar-refractivity contribution in [3.05, 3.63) is 0 Å². The number of carbonyl (C=O) groups excluding carboxylic acids is 2. The lowest BCUT2D eigenvalue weighted by Gasteiger charge is -2.26. The predicted octanol–water partition coefficient (Wildman–Crippen LogP) is 5.09. The number of unbranched alkanes of at least 4 members (excludes halogenated alkanes) is 3. The van der Waals surface area contributed by atoms with Crippen LogP contribution in [-0.4, -0.2) is 55.5 Å². The first-order chi connectivity index (χ1) is 13.5. The fourth-order valence-corrected chi connectivity index (χ4v) is 3.46. The van der Waals surface area contributed by atoms with Crippen LogP contribution in [0.25, 0.3) is 0 Å². The van der Waals surface area contributed by atoms with Crippen molar-refractivity contribution in [1.29, 1.82) is 0 Å². The molecule has 6 nitrogen and oxygen atoms in total. The minimum Gasteiger partial charge on any atom is -0.463 e. The molecular weight excluding hydrogens is 358 g/mol. The first-order valence-electron chi connectivity index (χ1n) is 11.3. The highest BCUT2D eigenvalue weighted by Crippen LogP contribution is 2.15. The van der Waals surface area contributed by atoms with Crippen LogP contribution in [0.3, 0.4) is 0 Å². The second kappa shape index (κ2) is 15.6. The minimum absolute atomic E-state index is 0.124. The van der Waals surface area contributed by atoms with Gasteiger partial charge in [0.1, 0.15) is 6.10 Å². The zero-order chi connectivity index (χ0) is 20.6. The van der Waals surface area contributed by atoms with E-state index in [1.807, 2.05) is 13.8 Å². The molecule has 0 saturated carbocycles. The minimum atomic E-state index is -0.614. The average molecular weight is 400 g/mol. The number of carbonyl (C=O) groups is 2. The van der Waals surface area contributed by atoms with Gasteiger partial charge in [-0.05, 0) is 65.5 Å². The molecule has 6 heteroatoms. The number of rotatable bonds is 14. The lowest BCUT2D eigenvalue weighted by atomic mass is 10.1. The van der Waals surface area contributed by atoms with Crippen LogP contribution in [0, 0.1) is 0 Å². The number of hydrogen-bond donors (Lipinski definition) is 0. The van der Waals surface area contributed by atoms with Crippen LogP contribution >= 0.6 is 0 Å². The molecule has 1 saturated heterocycles. The number of esters is 1. The number of ether oxygens (including phenoxy) is 3. The third kappa shape index (κ3) is 13.0. The molecule has 28 heavy (non-hydrogen) atoms. The number of nitrogens with zero attached hydrogens (tertiary/aromatic N) is 1. The van der Waals surface area contributed by atoms with E-state index in [-0.39, 0.29) is 24.6 Å². The van der Waals surface area contributed by atoms with E-state index < -0.39 is 6.16 Å². The molecule has 1 aliphatic heterocycles. The van der Waals surface area contributed by atoms with E-state index in [1.54, 1.807) is 0 Å². The van der Waals surface area contributed by atoms with E-state index in [0.717, 1.165) is 51.7 Å². The van der Waals surface area contributed by atoms with Crippen LogP contribution < -0.4 is 0 Å². The molecule has 1 rings (SSSR count). The van der Waals surface area contributed by atoms with Gasteiger partial charge in [-0.15, -0.1) is 0 Å². The van der Waals surface area contributed by atoms with Crippen LogP contribution in [0.5, 0.6) is 0 Å². The van der Waals surface area contributed by atoms with Crippen molar-refractivity contribution in [3.63, 3.8) is 0 Å². The Labute approximate surface area is 171 Å². The van der Waals surface area contributed by atoms with Gasteiger partial charge in [0.2, 0.25) is 0 Å². The van der Waals surface area contributed by atoms with Gasteiger partial charge in [-0.2, -0.15) is 0 Å². The molecule has 0 aromatic carbocycles. The molecule has 1 heterocycles. The third-order valence-electron chi connectivity index (χ3n) is 4.97. The van der Waals surface area contributed by atoms with Crippen LogP contribution in [0.2, 0.25) is 0 Å². The molecule has 0 aliphatic carbocycles. The Balaban J connectivity index is 2.27. The highest BCUT2D eigenvalue weighted by atomic mass is 16.7. The summed E-state index contributed by atoms with van der Waals surface area (Å²) in [5, 5.41) is 0. The Morgan fingerprint density at radius 2 is 1.68 bits per heavy atom. The number of piperidine rings is 1. The summed E-state index contributed by atoms with van der Waals surface area (Å²) >= 11 is 0. The quantitative estimate of drug-likeness (QED) is 0.299. The summed E-state index contributed by atoms with van der Waals surface area (Å²) in [6.45, 7) is 9.47. The molecule has 0 amide bonds. The predicted molar refractivity (Wildman–Crippen MR) is 110 cm³/mol. The molecule has 0 bridgehead atoms.